The van der Waals surface area contributed by atoms with E-state index in [1.54, 1.807) is 0 Å². The minimum Gasteiger partial charge on any atom is -0.384 e. The Morgan fingerprint density at radius 3 is 2.58 bits per heavy atom. The quantitative estimate of drug-likeness (QED) is 0.368. The molecule has 5 N–H and O–H groups in total. The molecule has 0 bridgehead atoms. The number of ether oxygens (including phenoxy) is 1. The minimum atomic E-state index is -2.81. The molecule has 0 radical (unpaired) electrons. The standard InChI is InChI=1S/C10H13FN2O6/c1-8(17)6(13-3-2-4(14)12-7(13)16)19-10(11)5(15)9(8,10)18/h2-6,14-15,17-18H,1H3,(H,12,16)/t4?,5?,6-,8+,9+,10-/m1/s1. The van der Waals surface area contributed by atoms with Gasteiger partial charge in [-0.05, 0) is 13.0 Å². The first-order valence-corrected chi connectivity index (χ1v) is 5.61. The zero-order chi connectivity index (χ0) is 14.2. The van der Waals surface area contributed by atoms with Gasteiger partial charge in [0.05, 0.1) is 0 Å². The number of urea groups is 1. The third-order valence-corrected chi connectivity index (χ3v) is 3.91. The Balaban J connectivity index is 1.93. The van der Waals surface area contributed by atoms with Crippen molar-refractivity contribution in [2.24, 2.45) is 0 Å². The van der Waals surface area contributed by atoms with Gasteiger partial charge >= 0.3 is 6.03 Å². The first kappa shape index (κ1) is 12.8. The number of nitrogens with zero attached hydrogens (tertiary/aromatic N) is 1. The van der Waals surface area contributed by atoms with Crippen molar-refractivity contribution in [2.45, 2.75) is 42.5 Å². The molecule has 1 saturated heterocycles. The number of hydrogen-bond acceptors (Lipinski definition) is 6. The van der Waals surface area contributed by atoms with E-state index in [4.69, 9.17) is 9.84 Å². The van der Waals surface area contributed by atoms with Crippen LogP contribution in [0.4, 0.5) is 9.18 Å². The highest BCUT2D eigenvalue weighted by atomic mass is 19.2. The van der Waals surface area contributed by atoms with Crippen LogP contribution in [0.15, 0.2) is 12.3 Å². The molecule has 3 aliphatic rings. The van der Waals surface area contributed by atoms with Crippen LogP contribution in [0, 0.1) is 0 Å². The molecule has 0 aromatic heterocycles. The summed E-state index contributed by atoms with van der Waals surface area (Å²) in [7, 11) is 0. The summed E-state index contributed by atoms with van der Waals surface area (Å²) in [6.45, 7) is 1.06. The topological polar surface area (TPSA) is 122 Å². The molecule has 6 atom stereocenters. The number of nitrogens with one attached hydrogen (secondary N) is 1. The Labute approximate surface area is 106 Å². The number of carbonyl (C=O) groups excluding carboxylic acids is 1. The average Bonchev–Trinajstić information content (AvgIpc) is 2.67. The molecule has 8 nitrogen and oxygen atoms in total. The Morgan fingerprint density at radius 1 is 1.47 bits per heavy atom. The molecule has 106 valence electrons. The Bertz CT molecular complexity index is 485. The number of halogens is 1. The lowest BCUT2D eigenvalue weighted by Crippen LogP contribution is -2.60. The molecule has 9 heteroatoms. The SMILES string of the molecule is C[C@]1(O)[C@H](N2C=CC(O)NC2=O)O[C@]2(F)C(O)[C@]12O. The Hall–Kier alpha value is -1.26. The fourth-order valence-corrected chi connectivity index (χ4v) is 2.63. The maximum Gasteiger partial charge on any atom is 0.325 e. The number of alkyl halides is 1. The minimum absolute atomic E-state index is 0.797. The largest absolute Gasteiger partial charge is 0.384 e. The molecule has 2 heterocycles. The normalized spacial score (nSPS) is 56.0. The van der Waals surface area contributed by atoms with E-state index in [9.17, 15) is 24.5 Å². The first-order chi connectivity index (χ1) is 8.66. The Morgan fingerprint density at radius 2 is 2.11 bits per heavy atom. The van der Waals surface area contributed by atoms with Crippen LogP contribution in [0.1, 0.15) is 6.92 Å². The van der Waals surface area contributed by atoms with Gasteiger partial charge in [0.1, 0.15) is 11.8 Å². The molecular formula is C10H13FN2O6. The summed E-state index contributed by atoms with van der Waals surface area (Å²) < 4.78 is 18.9. The van der Waals surface area contributed by atoms with Gasteiger partial charge in [0.15, 0.2) is 17.9 Å². The van der Waals surface area contributed by atoms with Gasteiger partial charge in [0.2, 0.25) is 0 Å². The van der Waals surface area contributed by atoms with Crippen LogP contribution in [0.3, 0.4) is 0 Å². The smallest absolute Gasteiger partial charge is 0.325 e. The van der Waals surface area contributed by atoms with Crippen molar-refractivity contribution in [1.29, 1.82) is 0 Å². The number of aliphatic hydroxyl groups is 4. The van der Waals surface area contributed by atoms with Gasteiger partial charge in [-0.1, -0.05) is 0 Å². The molecule has 0 aromatic rings. The van der Waals surface area contributed by atoms with Crippen LogP contribution in [0.5, 0.6) is 0 Å². The van der Waals surface area contributed by atoms with E-state index in [0.717, 1.165) is 18.0 Å². The zero-order valence-corrected chi connectivity index (χ0v) is 9.82. The highest BCUT2D eigenvalue weighted by Gasteiger charge is 2.94. The molecule has 2 fully saturated rings. The fourth-order valence-electron chi connectivity index (χ4n) is 2.63. The first-order valence-electron chi connectivity index (χ1n) is 5.61. The summed E-state index contributed by atoms with van der Waals surface area (Å²) >= 11 is 0. The predicted octanol–water partition coefficient (Wildman–Crippen LogP) is -2.28. The molecule has 0 aromatic carbocycles. The number of fused-ring (bicyclic) bond motifs is 1. The van der Waals surface area contributed by atoms with Crippen molar-refractivity contribution >= 4 is 6.03 Å². The van der Waals surface area contributed by atoms with Gasteiger partial charge in [-0.3, -0.25) is 4.90 Å². The number of aliphatic hydroxyl groups excluding tert-OH is 2. The van der Waals surface area contributed by atoms with Crippen LogP contribution < -0.4 is 5.32 Å². The summed E-state index contributed by atoms with van der Waals surface area (Å²) in [5.74, 6) is -2.81. The fraction of sp³-hybridized carbons (Fsp3) is 0.700. The third kappa shape index (κ3) is 1.21. The molecular weight excluding hydrogens is 263 g/mol. The molecule has 2 unspecified atom stereocenters. The van der Waals surface area contributed by atoms with E-state index in [2.05, 4.69) is 5.32 Å². The second kappa shape index (κ2) is 3.25. The van der Waals surface area contributed by atoms with Gasteiger partial charge in [0, 0.05) is 6.20 Å². The lowest BCUT2D eigenvalue weighted by atomic mass is 9.94. The lowest BCUT2D eigenvalue weighted by molar-refractivity contribution is -0.186. The van der Waals surface area contributed by atoms with E-state index in [0.29, 0.717) is 0 Å². The van der Waals surface area contributed by atoms with Crippen LogP contribution in [0.25, 0.3) is 0 Å². The van der Waals surface area contributed by atoms with Crippen molar-refractivity contribution < 1.29 is 34.3 Å². The van der Waals surface area contributed by atoms with Gasteiger partial charge in [-0.2, -0.15) is 0 Å². The van der Waals surface area contributed by atoms with Crippen molar-refractivity contribution in [3.8, 4) is 0 Å². The molecule has 3 rings (SSSR count). The van der Waals surface area contributed by atoms with Crippen LogP contribution in [-0.4, -0.2) is 67.0 Å². The molecule has 1 saturated carbocycles. The second-order valence-electron chi connectivity index (χ2n) is 5.07. The maximum absolute atomic E-state index is 14.1. The second-order valence-corrected chi connectivity index (χ2v) is 5.07. The highest BCUT2D eigenvalue weighted by Crippen LogP contribution is 2.65. The van der Waals surface area contributed by atoms with Gasteiger partial charge in [-0.25, -0.2) is 9.18 Å². The van der Waals surface area contributed by atoms with Crippen molar-refractivity contribution in [3.05, 3.63) is 12.3 Å². The summed E-state index contributed by atoms with van der Waals surface area (Å²) in [6, 6.07) is -0.830. The van der Waals surface area contributed by atoms with E-state index < -0.39 is 41.6 Å². The summed E-state index contributed by atoms with van der Waals surface area (Å²) in [6.07, 6.45) is -2.33. The molecule has 1 aliphatic carbocycles. The lowest BCUT2D eigenvalue weighted by Gasteiger charge is -2.38. The Kier molecular flexibility index (Phi) is 2.18. The van der Waals surface area contributed by atoms with Crippen molar-refractivity contribution in [2.75, 3.05) is 0 Å². The molecule has 0 spiro atoms. The predicted molar refractivity (Wildman–Crippen MR) is 55.8 cm³/mol. The maximum atomic E-state index is 14.1. The van der Waals surface area contributed by atoms with E-state index in [1.165, 1.54) is 6.08 Å². The monoisotopic (exact) mass is 276 g/mol. The summed E-state index contributed by atoms with van der Waals surface area (Å²) in [5, 5.41) is 40.7. The highest BCUT2D eigenvalue weighted by molar-refractivity contribution is 5.77. The van der Waals surface area contributed by atoms with E-state index in [1.807, 2.05) is 0 Å². The number of hydrogen-bond donors (Lipinski definition) is 5. The van der Waals surface area contributed by atoms with Crippen LogP contribution in [-0.2, 0) is 4.74 Å². The van der Waals surface area contributed by atoms with Crippen LogP contribution in [0.2, 0.25) is 0 Å². The molecule has 2 aliphatic heterocycles. The number of amides is 2. The van der Waals surface area contributed by atoms with Crippen molar-refractivity contribution in [1.82, 2.24) is 10.2 Å². The van der Waals surface area contributed by atoms with Gasteiger partial charge in [0.25, 0.3) is 5.85 Å². The molecule has 19 heavy (non-hydrogen) atoms. The van der Waals surface area contributed by atoms with Crippen molar-refractivity contribution in [3.63, 3.8) is 0 Å². The number of rotatable bonds is 1. The zero-order valence-electron chi connectivity index (χ0n) is 9.82. The van der Waals surface area contributed by atoms with Crippen LogP contribution >= 0.6 is 0 Å². The third-order valence-electron chi connectivity index (χ3n) is 3.91. The van der Waals surface area contributed by atoms with Gasteiger partial charge < -0.3 is 30.5 Å². The van der Waals surface area contributed by atoms with Gasteiger partial charge in [-0.15, -0.1) is 0 Å². The summed E-state index contributed by atoms with van der Waals surface area (Å²) in [4.78, 5) is 12.4. The summed E-state index contributed by atoms with van der Waals surface area (Å²) in [5.41, 5.74) is -4.71. The van der Waals surface area contributed by atoms with E-state index >= 15 is 0 Å². The van der Waals surface area contributed by atoms with E-state index in [-0.39, 0.29) is 0 Å². The number of carbonyl (C=O) groups is 1. The average molecular weight is 276 g/mol. The molecule has 2 amide bonds.